The number of amides is 3. The molecule has 186 valence electrons. The van der Waals surface area contributed by atoms with Crippen LogP contribution in [-0.4, -0.2) is 37.7 Å². The van der Waals surface area contributed by atoms with Crippen molar-refractivity contribution in [3.05, 3.63) is 82.9 Å². The second-order valence-corrected chi connectivity index (χ2v) is 8.07. The van der Waals surface area contributed by atoms with Crippen molar-refractivity contribution in [2.75, 3.05) is 24.4 Å². The van der Waals surface area contributed by atoms with Gasteiger partial charge in [0.25, 0.3) is 5.91 Å². The van der Waals surface area contributed by atoms with E-state index in [2.05, 4.69) is 21.2 Å². The average molecular weight is 489 g/mol. The van der Waals surface area contributed by atoms with Crippen LogP contribution in [0, 0.1) is 20.8 Å². The second kappa shape index (κ2) is 12.2. The van der Waals surface area contributed by atoms with Gasteiger partial charge in [-0.25, -0.2) is 5.43 Å². The number of benzene rings is 3. The molecule has 0 fully saturated rings. The van der Waals surface area contributed by atoms with Gasteiger partial charge >= 0.3 is 11.8 Å². The first-order chi connectivity index (χ1) is 17.2. The van der Waals surface area contributed by atoms with Crippen molar-refractivity contribution in [2.45, 2.75) is 20.8 Å². The summed E-state index contributed by atoms with van der Waals surface area (Å²) in [4.78, 5) is 36.3. The summed E-state index contributed by atoms with van der Waals surface area (Å²) in [6.45, 7) is 5.61. The van der Waals surface area contributed by atoms with Gasteiger partial charge in [0.05, 0.1) is 13.3 Å². The smallest absolute Gasteiger partial charge is 0.329 e. The fourth-order valence-corrected chi connectivity index (χ4v) is 3.17. The number of ether oxygens (including phenoxy) is 2. The highest BCUT2D eigenvalue weighted by atomic mass is 16.5. The minimum Gasteiger partial charge on any atom is -0.493 e. The quantitative estimate of drug-likeness (QED) is 0.254. The Morgan fingerprint density at radius 3 is 2.33 bits per heavy atom. The maximum atomic E-state index is 12.2. The standard InChI is InChI=1S/C27H28N4O5/c1-17-6-5-7-21(12-17)29-25(32)16-36-23-11-9-20(14-24(23)35-4)15-28-31-27(34)26(33)30-22-10-8-18(2)19(3)13-22/h5-15H,16H2,1-4H3,(H,29,32)(H,30,33)(H,31,34)/b28-15-. The van der Waals surface area contributed by atoms with Gasteiger partial charge < -0.3 is 20.1 Å². The highest BCUT2D eigenvalue weighted by Crippen LogP contribution is 2.27. The Bertz CT molecular complexity index is 1300. The molecule has 0 aliphatic heterocycles. The van der Waals surface area contributed by atoms with Crippen LogP contribution >= 0.6 is 0 Å². The zero-order valence-electron chi connectivity index (χ0n) is 20.5. The molecule has 3 rings (SSSR count). The van der Waals surface area contributed by atoms with E-state index in [1.807, 2.05) is 45.0 Å². The summed E-state index contributed by atoms with van der Waals surface area (Å²) in [5.41, 5.74) is 7.10. The summed E-state index contributed by atoms with van der Waals surface area (Å²) in [6, 6.07) is 17.7. The molecule has 0 saturated heterocycles. The molecule has 3 aromatic carbocycles. The number of methoxy groups -OCH3 is 1. The van der Waals surface area contributed by atoms with Crippen LogP contribution in [0.4, 0.5) is 11.4 Å². The number of aryl methyl sites for hydroxylation is 3. The number of anilines is 2. The lowest BCUT2D eigenvalue weighted by Crippen LogP contribution is -2.32. The molecule has 3 aromatic rings. The summed E-state index contributed by atoms with van der Waals surface area (Å²) in [5.74, 6) is -1.31. The van der Waals surface area contributed by atoms with Gasteiger partial charge in [0.2, 0.25) is 0 Å². The van der Waals surface area contributed by atoms with Crippen molar-refractivity contribution in [1.82, 2.24) is 5.43 Å². The monoisotopic (exact) mass is 488 g/mol. The third-order valence-corrected chi connectivity index (χ3v) is 5.20. The summed E-state index contributed by atoms with van der Waals surface area (Å²) >= 11 is 0. The Balaban J connectivity index is 1.53. The lowest BCUT2D eigenvalue weighted by atomic mass is 10.1. The Morgan fingerprint density at radius 1 is 0.833 bits per heavy atom. The van der Waals surface area contributed by atoms with Crippen molar-refractivity contribution in [1.29, 1.82) is 0 Å². The molecule has 9 nitrogen and oxygen atoms in total. The first-order valence-corrected chi connectivity index (χ1v) is 11.1. The van der Waals surface area contributed by atoms with Crippen LogP contribution in [0.25, 0.3) is 0 Å². The fourth-order valence-electron chi connectivity index (χ4n) is 3.17. The summed E-state index contributed by atoms with van der Waals surface area (Å²) < 4.78 is 10.9. The molecule has 3 N–H and O–H groups in total. The molecule has 9 heteroatoms. The van der Waals surface area contributed by atoms with Gasteiger partial charge in [0, 0.05) is 11.4 Å². The zero-order chi connectivity index (χ0) is 26.1. The van der Waals surface area contributed by atoms with E-state index in [0.717, 1.165) is 16.7 Å². The molecule has 0 aliphatic carbocycles. The summed E-state index contributed by atoms with van der Waals surface area (Å²) in [6.07, 6.45) is 1.36. The van der Waals surface area contributed by atoms with Crippen LogP contribution in [0.15, 0.2) is 65.8 Å². The van der Waals surface area contributed by atoms with Crippen LogP contribution in [0.3, 0.4) is 0 Å². The van der Waals surface area contributed by atoms with E-state index >= 15 is 0 Å². The first-order valence-electron chi connectivity index (χ1n) is 11.1. The topological polar surface area (TPSA) is 118 Å². The number of hydrogen-bond acceptors (Lipinski definition) is 6. The van der Waals surface area contributed by atoms with Crippen molar-refractivity contribution in [2.24, 2.45) is 5.10 Å². The summed E-state index contributed by atoms with van der Waals surface area (Å²) in [7, 11) is 1.47. The van der Waals surface area contributed by atoms with Crippen molar-refractivity contribution >= 4 is 35.3 Å². The minimum absolute atomic E-state index is 0.205. The predicted octanol–water partition coefficient (Wildman–Crippen LogP) is 3.73. The van der Waals surface area contributed by atoms with Gasteiger partial charge in [-0.15, -0.1) is 0 Å². The number of carbonyl (C=O) groups is 3. The van der Waals surface area contributed by atoms with E-state index in [-0.39, 0.29) is 12.5 Å². The maximum absolute atomic E-state index is 12.2. The molecule has 0 spiro atoms. The van der Waals surface area contributed by atoms with Crippen LogP contribution in [0.5, 0.6) is 11.5 Å². The van der Waals surface area contributed by atoms with E-state index in [1.165, 1.54) is 13.3 Å². The van der Waals surface area contributed by atoms with Gasteiger partial charge in [0.1, 0.15) is 0 Å². The third-order valence-electron chi connectivity index (χ3n) is 5.20. The molecule has 0 bridgehead atoms. The van der Waals surface area contributed by atoms with E-state index in [0.29, 0.717) is 28.4 Å². The SMILES string of the molecule is COc1cc(/C=N\NC(=O)C(=O)Nc2ccc(C)c(C)c2)ccc1OCC(=O)Nc1cccc(C)c1. The van der Waals surface area contributed by atoms with Gasteiger partial charge in [-0.05, 0) is 85.5 Å². The van der Waals surface area contributed by atoms with Gasteiger partial charge in [-0.1, -0.05) is 18.2 Å². The molecule has 0 heterocycles. The number of nitrogens with one attached hydrogen (secondary N) is 3. The third kappa shape index (κ3) is 7.42. The molecule has 0 unspecified atom stereocenters. The van der Waals surface area contributed by atoms with Gasteiger partial charge in [-0.2, -0.15) is 5.10 Å². The van der Waals surface area contributed by atoms with E-state index in [9.17, 15) is 14.4 Å². The molecule has 3 amide bonds. The number of hydrazone groups is 1. The summed E-state index contributed by atoms with van der Waals surface area (Å²) in [5, 5.41) is 9.13. The number of hydrogen-bond donors (Lipinski definition) is 3. The Morgan fingerprint density at radius 2 is 1.61 bits per heavy atom. The molecular weight excluding hydrogens is 460 g/mol. The molecule has 0 aliphatic rings. The van der Waals surface area contributed by atoms with Gasteiger partial charge in [-0.3, -0.25) is 14.4 Å². The second-order valence-electron chi connectivity index (χ2n) is 8.07. The molecular formula is C27H28N4O5. The van der Waals surface area contributed by atoms with Crippen molar-refractivity contribution < 1.29 is 23.9 Å². The molecule has 0 radical (unpaired) electrons. The van der Waals surface area contributed by atoms with Crippen LogP contribution in [0.1, 0.15) is 22.3 Å². The first kappa shape index (κ1) is 26.0. The Labute approximate surface area is 209 Å². The normalized spacial score (nSPS) is 10.6. The largest absolute Gasteiger partial charge is 0.493 e. The zero-order valence-corrected chi connectivity index (χ0v) is 20.5. The van der Waals surface area contributed by atoms with E-state index < -0.39 is 11.8 Å². The Kier molecular flexibility index (Phi) is 8.77. The highest BCUT2D eigenvalue weighted by Gasteiger charge is 2.13. The average Bonchev–Trinajstić information content (AvgIpc) is 2.85. The molecule has 36 heavy (non-hydrogen) atoms. The maximum Gasteiger partial charge on any atom is 0.329 e. The fraction of sp³-hybridized carbons (Fsp3) is 0.185. The van der Waals surface area contributed by atoms with E-state index in [1.54, 1.807) is 36.4 Å². The lowest BCUT2D eigenvalue weighted by molar-refractivity contribution is -0.136. The van der Waals surface area contributed by atoms with Gasteiger partial charge in [0.15, 0.2) is 18.1 Å². The van der Waals surface area contributed by atoms with Crippen molar-refractivity contribution in [3.8, 4) is 11.5 Å². The van der Waals surface area contributed by atoms with Crippen LogP contribution < -0.4 is 25.5 Å². The highest BCUT2D eigenvalue weighted by molar-refractivity contribution is 6.39. The van der Waals surface area contributed by atoms with Crippen molar-refractivity contribution in [3.63, 3.8) is 0 Å². The number of carbonyl (C=O) groups excluding carboxylic acids is 3. The van der Waals surface area contributed by atoms with E-state index in [4.69, 9.17) is 9.47 Å². The minimum atomic E-state index is -0.906. The molecule has 0 aromatic heterocycles. The Hall–Kier alpha value is -4.66. The predicted molar refractivity (Wildman–Crippen MR) is 139 cm³/mol. The number of rotatable bonds is 8. The molecule has 0 saturated carbocycles. The molecule has 0 atom stereocenters. The van der Waals surface area contributed by atoms with Crippen LogP contribution in [0.2, 0.25) is 0 Å². The number of nitrogens with zero attached hydrogens (tertiary/aromatic N) is 1. The van der Waals surface area contributed by atoms with Crippen LogP contribution in [-0.2, 0) is 14.4 Å². The lowest BCUT2D eigenvalue weighted by Gasteiger charge is -2.11.